The van der Waals surface area contributed by atoms with Gasteiger partial charge in [0.1, 0.15) is 23.0 Å². The van der Waals surface area contributed by atoms with Gasteiger partial charge in [-0.15, -0.1) is 0 Å². The van der Waals surface area contributed by atoms with Gasteiger partial charge in [0, 0.05) is 42.7 Å². The van der Waals surface area contributed by atoms with Gasteiger partial charge in [-0.2, -0.15) is 5.10 Å². The molecule has 1 aliphatic rings. The van der Waals surface area contributed by atoms with Gasteiger partial charge in [-0.3, -0.25) is 13.9 Å². The first-order chi connectivity index (χ1) is 13.9. The molecule has 4 heterocycles. The molecule has 1 aliphatic heterocycles. The van der Waals surface area contributed by atoms with Gasteiger partial charge in [-0.05, 0) is 30.7 Å². The van der Waals surface area contributed by atoms with E-state index in [4.69, 9.17) is 0 Å². The molecule has 146 valence electrons. The van der Waals surface area contributed by atoms with E-state index in [1.54, 1.807) is 34.7 Å². The summed E-state index contributed by atoms with van der Waals surface area (Å²) >= 11 is 0. The molecule has 0 bridgehead atoms. The Morgan fingerprint density at radius 3 is 2.55 bits per heavy atom. The van der Waals surface area contributed by atoms with Crippen molar-refractivity contribution in [2.45, 2.75) is 20.0 Å². The van der Waals surface area contributed by atoms with Crippen molar-refractivity contribution in [1.29, 1.82) is 0 Å². The second-order valence-corrected chi connectivity index (χ2v) is 7.30. The lowest BCUT2D eigenvalue weighted by Crippen LogP contribution is -2.25. The number of hydrogen-bond donors (Lipinski definition) is 0. The zero-order valence-electron chi connectivity index (χ0n) is 15.9. The molecule has 0 spiro atoms. The van der Waals surface area contributed by atoms with Gasteiger partial charge in [0.25, 0.3) is 5.91 Å². The van der Waals surface area contributed by atoms with Crippen molar-refractivity contribution in [3.8, 4) is 11.1 Å². The zero-order valence-corrected chi connectivity index (χ0v) is 15.9. The molecule has 1 amide bonds. The predicted molar refractivity (Wildman–Crippen MR) is 102 cm³/mol. The van der Waals surface area contributed by atoms with Crippen LogP contribution in [0.2, 0.25) is 0 Å². The molecule has 0 fully saturated rings. The summed E-state index contributed by atoms with van der Waals surface area (Å²) in [4.78, 5) is 18.8. The summed E-state index contributed by atoms with van der Waals surface area (Å²) in [6.07, 6.45) is 5.03. The summed E-state index contributed by atoms with van der Waals surface area (Å²) in [5.41, 5.74) is 3.69. The number of imidazole rings is 1. The number of amides is 1. The quantitative estimate of drug-likeness (QED) is 0.536. The van der Waals surface area contributed by atoms with E-state index < -0.39 is 11.6 Å². The minimum absolute atomic E-state index is 0.128. The van der Waals surface area contributed by atoms with Gasteiger partial charge in [-0.1, -0.05) is 6.07 Å². The number of hydrogen-bond acceptors (Lipinski definition) is 3. The van der Waals surface area contributed by atoms with Crippen LogP contribution in [0.1, 0.15) is 27.3 Å². The Labute approximate surface area is 165 Å². The minimum atomic E-state index is -0.684. The molecular formula is C21H17F2N5O. The standard InChI is InChI=1S/C21H17F2N5O/c1-12-8-28-19(25-12)4-3-13-10-27(21(29)20(13)28)11-16-17(22)5-14(6-18(16)23)15-7-24-26(2)9-15/h3-9H,10-11H2,1-2H3. The highest BCUT2D eigenvalue weighted by molar-refractivity contribution is 5.97. The third-order valence-corrected chi connectivity index (χ3v) is 5.21. The minimum Gasteiger partial charge on any atom is -0.328 e. The fourth-order valence-corrected chi connectivity index (χ4v) is 3.83. The molecule has 4 aromatic rings. The second kappa shape index (κ2) is 6.23. The molecule has 0 radical (unpaired) electrons. The second-order valence-electron chi connectivity index (χ2n) is 7.30. The normalized spacial score (nSPS) is 13.5. The number of halogens is 2. The first-order valence-electron chi connectivity index (χ1n) is 9.14. The lowest BCUT2D eigenvalue weighted by atomic mass is 10.1. The summed E-state index contributed by atoms with van der Waals surface area (Å²) in [7, 11) is 1.74. The Bertz CT molecular complexity index is 1270. The maximum atomic E-state index is 14.7. The molecule has 0 aliphatic carbocycles. The van der Waals surface area contributed by atoms with Crippen molar-refractivity contribution < 1.29 is 13.6 Å². The highest BCUT2D eigenvalue weighted by Gasteiger charge is 2.31. The molecule has 0 N–H and O–H groups in total. The van der Waals surface area contributed by atoms with E-state index in [0.29, 0.717) is 29.0 Å². The van der Waals surface area contributed by atoms with E-state index >= 15 is 0 Å². The van der Waals surface area contributed by atoms with Crippen LogP contribution < -0.4 is 0 Å². The summed E-state index contributed by atoms with van der Waals surface area (Å²) in [6, 6.07) is 6.24. The number of benzene rings is 1. The molecule has 3 aromatic heterocycles. The third kappa shape index (κ3) is 2.79. The van der Waals surface area contributed by atoms with Crippen LogP contribution in [0.5, 0.6) is 0 Å². The number of fused-ring (bicyclic) bond motifs is 3. The van der Waals surface area contributed by atoms with Crippen LogP contribution in [0.15, 0.2) is 42.9 Å². The molecular weight excluding hydrogens is 376 g/mol. The van der Waals surface area contributed by atoms with Gasteiger partial charge < -0.3 is 4.90 Å². The number of carbonyl (C=O) groups excluding carboxylic acids is 1. The predicted octanol–water partition coefficient (Wildman–Crippen LogP) is 3.48. The van der Waals surface area contributed by atoms with Crippen molar-refractivity contribution in [3.63, 3.8) is 0 Å². The lowest BCUT2D eigenvalue weighted by Gasteiger charge is -2.17. The van der Waals surface area contributed by atoms with Gasteiger partial charge in [0.2, 0.25) is 0 Å². The van der Waals surface area contributed by atoms with Crippen LogP contribution in [0.3, 0.4) is 0 Å². The summed E-state index contributed by atoms with van der Waals surface area (Å²) < 4.78 is 32.8. The van der Waals surface area contributed by atoms with E-state index in [-0.39, 0.29) is 18.0 Å². The molecule has 8 heteroatoms. The molecule has 6 nitrogen and oxygen atoms in total. The number of aryl methyl sites for hydroxylation is 2. The number of pyridine rings is 1. The Hall–Kier alpha value is -3.55. The van der Waals surface area contributed by atoms with Crippen LogP contribution >= 0.6 is 0 Å². The maximum absolute atomic E-state index is 14.7. The highest BCUT2D eigenvalue weighted by atomic mass is 19.1. The zero-order chi connectivity index (χ0) is 20.3. The molecule has 0 atom stereocenters. The topological polar surface area (TPSA) is 55.4 Å². The lowest BCUT2D eigenvalue weighted by molar-refractivity contribution is 0.0758. The van der Waals surface area contributed by atoms with Crippen molar-refractivity contribution in [3.05, 3.63) is 77.0 Å². The van der Waals surface area contributed by atoms with Gasteiger partial charge in [0.15, 0.2) is 0 Å². The summed E-state index contributed by atoms with van der Waals surface area (Å²) in [5, 5.41) is 4.03. The molecule has 1 aromatic carbocycles. The summed E-state index contributed by atoms with van der Waals surface area (Å²) in [5.74, 6) is -1.63. The van der Waals surface area contributed by atoms with Crippen molar-refractivity contribution in [2.24, 2.45) is 7.05 Å². The average molecular weight is 393 g/mol. The third-order valence-electron chi connectivity index (χ3n) is 5.21. The Morgan fingerprint density at radius 1 is 1.10 bits per heavy atom. The Balaban J connectivity index is 1.47. The molecule has 29 heavy (non-hydrogen) atoms. The molecule has 0 unspecified atom stereocenters. The van der Waals surface area contributed by atoms with Crippen LogP contribution in [0.25, 0.3) is 16.8 Å². The highest BCUT2D eigenvalue weighted by Crippen LogP contribution is 2.29. The van der Waals surface area contributed by atoms with E-state index in [2.05, 4.69) is 10.1 Å². The summed E-state index contributed by atoms with van der Waals surface area (Å²) in [6.45, 7) is 2.00. The number of rotatable bonds is 3. The first-order valence-corrected chi connectivity index (χ1v) is 9.14. The maximum Gasteiger partial charge on any atom is 0.271 e. The molecule has 0 saturated heterocycles. The number of aromatic nitrogens is 4. The van der Waals surface area contributed by atoms with Crippen LogP contribution in [0, 0.1) is 18.6 Å². The molecule has 0 saturated carbocycles. The van der Waals surface area contributed by atoms with Crippen LogP contribution in [-0.2, 0) is 20.1 Å². The van der Waals surface area contributed by atoms with E-state index in [1.165, 1.54) is 17.0 Å². The van der Waals surface area contributed by atoms with Gasteiger partial charge in [-0.25, -0.2) is 13.8 Å². The van der Waals surface area contributed by atoms with E-state index in [0.717, 1.165) is 11.3 Å². The van der Waals surface area contributed by atoms with Crippen LogP contribution in [-0.4, -0.2) is 30.0 Å². The van der Waals surface area contributed by atoms with Crippen molar-refractivity contribution in [2.75, 3.05) is 0 Å². The fraction of sp³-hybridized carbons (Fsp3) is 0.190. The number of carbonyl (C=O) groups is 1. The SMILES string of the molecule is Cc1cn2c3c(ccc2n1)CN(Cc1c(F)cc(-c2cnn(C)c2)cc1F)C3=O. The average Bonchev–Trinajstić information content (AvgIpc) is 3.34. The van der Waals surface area contributed by atoms with E-state index in [9.17, 15) is 13.6 Å². The number of nitrogens with zero attached hydrogens (tertiary/aromatic N) is 5. The smallest absolute Gasteiger partial charge is 0.271 e. The molecule has 5 rings (SSSR count). The largest absolute Gasteiger partial charge is 0.328 e. The monoisotopic (exact) mass is 393 g/mol. The van der Waals surface area contributed by atoms with Gasteiger partial charge in [0.05, 0.1) is 18.4 Å². The Kier molecular flexibility index (Phi) is 3.77. The van der Waals surface area contributed by atoms with E-state index in [1.807, 2.05) is 19.1 Å². The van der Waals surface area contributed by atoms with Crippen LogP contribution in [0.4, 0.5) is 8.78 Å². The fourth-order valence-electron chi connectivity index (χ4n) is 3.83. The van der Waals surface area contributed by atoms with Gasteiger partial charge >= 0.3 is 0 Å². The van der Waals surface area contributed by atoms with Crippen molar-refractivity contribution >= 4 is 11.6 Å². The Morgan fingerprint density at radius 2 is 1.86 bits per heavy atom. The first kappa shape index (κ1) is 17.5. The van der Waals surface area contributed by atoms with Crippen molar-refractivity contribution in [1.82, 2.24) is 24.1 Å².